The van der Waals surface area contributed by atoms with Crippen LogP contribution in [0.2, 0.25) is 0 Å². The molecule has 0 bridgehead atoms. The first-order chi connectivity index (χ1) is 8.54. The number of carbonyl (C=O) groups excluding carboxylic acids is 2. The first-order valence-corrected chi connectivity index (χ1v) is 5.52. The van der Waals surface area contributed by atoms with E-state index in [0.717, 1.165) is 5.56 Å². The minimum absolute atomic E-state index is 0.302. The van der Waals surface area contributed by atoms with Crippen LogP contribution in [0, 0.1) is 0 Å². The Morgan fingerprint density at radius 3 is 2.56 bits per heavy atom. The molecule has 18 heavy (non-hydrogen) atoms. The second kappa shape index (κ2) is 4.91. The summed E-state index contributed by atoms with van der Waals surface area (Å²) in [6.45, 7) is 3.10. The molecule has 5 heteroatoms. The van der Waals surface area contributed by atoms with Crippen LogP contribution >= 0.6 is 0 Å². The third-order valence-corrected chi connectivity index (χ3v) is 2.32. The SMILES string of the molecule is CC(=O)Oc1ccc(/C=C2/NC(C)OC2=O)cc1. The molecule has 1 aromatic carbocycles. The molecule has 1 fully saturated rings. The molecule has 1 aromatic rings. The lowest BCUT2D eigenvalue weighted by molar-refractivity contribution is -0.138. The molecule has 0 aromatic heterocycles. The molecule has 1 saturated heterocycles. The smallest absolute Gasteiger partial charge is 0.356 e. The Hall–Kier alpha value is -2.30. The van der Waals surface area contributed by atoms with Gasteiger partial charge in [-0.05, 0) is 30.7 Å². The molecule has 1 aliphatic heterocycles. The molecular formula is C13H13NO4. The molecule has 0 radical (unpaired) electrons. The van der Waals surface area contributed by atoms with Gasteiger partial charge < -0.3 is 14.8 Å². The summed E-state index contributed by atoms with van der Waals surface area (Å²) in [5, 5.41) is 2.90. The molecular weight excluding hydrogens is 234 g/mol. The topological polar surface area (TPSA) is 64.6 Å². The summed E-state index contributed by atoms with van der Waals surface area (Å²) >= 11 is 0. The van der Waals surface area contributed by atoms with Gasteiger partial charge in [0.25, 0.3) is 0 Å². The van der Waals surface area contributed by atoms with Crippen LogP contribution in [-0.2, 0) is 14.3 Å². The van der Waals surface area contributed by atoms with Crippen molar-refractivity contribution in [2.45, 2.75) is 20.1 Å². The van der Waals surface area contributed by atoms with E-state index in [1.807, 2.05) is 0 Å². The molecule has 1 atom stereocenters. The molecule has 1 aliphatic rings. The van der Waals surface area contributed by atoms with E-state index in [-0.39, 0.29) is 18.2 Å². The lowest BCUT2D eigenvalue weighted by atomic mass is 10.2. The summed E-state index contributed by atoms with van der Waals surface area (Å²) in [4.78, 5) is 22.1. The summed E-state index contributed by atoms with van der Waals surface area (Å²) in [6, 6.07) is 6.83. The van der Waals surface area contributed by atoms with Crippen molar-refractivity contribution >= 4 is 18.0 Å². The van der Waals surface area contributed by atoms with Crippen molar-refractivity contribution in [3.63, 3.8) is 0 Å². The maximum atomic E-state index is 11.4. The maximum absolute atomic E-state index is 11.4. The van der Waals surface area contributed by atoms with Crippen molar-refractivity contribution in [1.29, 1.82) is 0 Å². The lowest BCUT2D eigenvalue weighted by Gasteiger charge is -2.01. The fourth-order valence-corrected chi connectivity index (χ4v) is 1.60. The Balaban J connectivity index is 2.13. The standard InChI is InChI=1S/C13H13NO4/c1-8-14-12(13(16)17-8)7-10-3-5-11(6-4-10)18-9(2)15/h3-8,14H,1-2H3/b12-7+. The normalized spacial score (nSPS) is 20.4. The second-order valence-electron chi connectivity index (χ2n) is 3.91. The second-order valence-corrected chi connectivity index (χ2v) is 3.91. The van der Waals surface area contributed by atoms with Crippen LogP contribution in [0.15, 0.2) is 30.0 Å². The zero-order chi connectivity index (χ0) is 13.1. The van der Waals surface area contributed by atoms with E-state index in [1.165, 1.54) is 6.92 Å². The fourth-order valence-electron chi connectivity index (χ4n) is 1.60. The zero-order valence-electron chi connectivity index (χ0n) is 10.1. The predicted octanol–water partition coefficient (Wildman–Crippen LogP) is 1.45. The molecule has 1 N–H and O–H groups in total. The van der Waals surface area contributed by atoms with Gasteiger partial charge in [0.1, 0.15) is 11.4 Å². The average molecular weight is 247 g/mol. The Kier molecular flexibility index (Phi) is 3.32. The third kappa shape index (κ3) is 2.88. The van der Waals surface area contributed by atoms with Gasteiger partial charge in [-0.25, -0.2) is 4.79 Å². The predicted molar refractivity (Wildman–Crippen MR) is 64.4 cm³/mol. The highest BCUT2D eigenvalue weighted by molar-refractivity contribution is 5.94. The van der Waals surface area contributed by atoms with Crippen LogP contribution < -0.4 is 10.1 Å². The molecule has 0 spiro atoms. The van der Waals surface area contributed by atoms with E-state index < -0.39 is 0 Å². The van der Waals surface area contributed by atoms with Gasteiger partial charge in [-0.1, -0.05) is 12.1 Å². The summed E-state index contributed by atoms with van der Waals surface area (Å²) in [5.74, 6) is -0.262. The summed E-state index contributed by atoms with van der Waals surface area (Å²) < 4.78 is 9.85. The summed E-state index contributed by atoms with van der Waals surface area (Å²) in [5.41, 5.74) is 1.24. The van der Waals surface area contributed by atoms with Crippen molar-refractivity contribution in [3.8, 4) is 5.75 Å². The van der Waals surface area contributed by atoms with Crippen molar-refractivity contribution in [1.82, 2.24) is 5.32 Å². The Bertz CT molecular complexity index is 504. The van der Waals surface area contributed by atoms with Gasteiger partial charge >= 0.3 is 11.9 Å². The van der Waals surface area contributed by atoms with Crippen molar-refractivity contribution in [2.75, 3.05) is 0 Å². The molecule has 0 amide bonds. The molecule has 1 heterocycles. The number of hydrogen-bond acceptors (Lipinski definition) is 5. The lowest BCUT2D eigenvalue weighted by Crippen LogP contribution is -2.16. The van der Waals surface area contributed by atoms with Gasteiger partial charge in [0.2, 0.25) is 0 Å². The van der Waals surface area contributed by atoms with Crippen LogP contribution in [0.3, 0.4) is 0 Å². The number of nitrogens with one attached hydrogen (secondary N) is 1. The fraction of sp³-hybridized carbons (Fsp3) is 0.231. The van der Waals surface area contributed by atoms with Gasteiger partial charge in [0, 0.05) is 6.92 Å². The maximum Gasteiger partial charge on any atom is 0.356 e. The summed E-state index contributed by atoms with van der Waals surface area (Å²) in [6.07, 6.45) is 1.38. The number of hydrogen-bond donors (Lipinski definition) is 1. The Labute approximate surface area is 104 Å². The van der Waals surface area contributed by atoms with Gasteiger partial charge in [-0.15, -0.1) is 0 Å². The molecule has 0 saturated carbocycles. The van der Waals surface area contributed by atoms with Crippen LogP contribution in [-0.4, -0.2) is 18.2 Å². The van der Waals surface area contributed by atoms with E-state index in [1.54, 1.807) is 37.3 Å². The quantitative estimate of drug-likeness (QED) is 0.486. The van der Waals surface area contributed by atoms with E-state index in [2.05, 4.69) is 5.32 Å². The monoisotopic (exact) mass is 247 g/mol. The number of esters is 2. The van der Waals surface area contributed by atoms with E-state index in [4.69, 9.17) is 9.47 Å². The highest BCUT2D eigenvalue weighted by Gasteiger charge is 2.23. The molecule has 94 valence electrons. The van der Waals surface area contributed by atoms with Crippen LogP contribution in [0.1, 0.15) is 19.4 Å². The highest BCUT2D eigenvalue weighted by atomic mass is 16.6. The molecule has 1 unspecified atom stereocenters. The molecule has 5 nitrogen and oxygen atoms in total. The van der Waals surface area contributed by atoms with Crippen molar-refractivity contribution in [2.24, 2.45) is 0 Å². The highest BCUT2D eigenvalue weighted by Crippen LogP contribution is 2.16. The van der Waals surface area contributed by atoms with E-state index in [0.29, 0.717) is 11.4 Å². The summed E-state index contributed by atoms with van der Waals surface area (Å²) in [7, 11) is 0. The van der Waals surface area contributed by atoms with E-state index >= 15 is 0 Å². The van der Waals surface area contributed by atoms with Crippen LogP contribution in [0.4, 0.5) is 0 Å². The largest absolute Gasteiger partial charge is 0.437 e. The van der Waals surface area contributed by atoms with Gasteiger partial charge in [0.15, 0.2) is 6.23 Å². The number of rotatable bonds is 2. The van der Waals surface area contributed by atoms with Crippen LogP contribution in [0.25, 0.3) is 6.08 Å². The average Bonchev–Trinajstić information content (AvgIpc) is 2.59. The van der Waals surface area contributed by atoms with Crippen molar-refractivity contribution in [3.05, 3.63) is 35.5 Å². The Morgan fingerprint density at radius 2 is 2.06 bits per heavy atom. The molecule has 0 aliphatic carbocycles. The minimum Gasteiger partial charge on any atom is -0.437 e. The zero-order valence-corrected chi connectivity index (χ0v) is 10.1. The van der Waals surface area contributed by atoms with Crippen LogP contribution in [0.5, 0.6) is 5.75 Å². The number of benzene rings is 1. The van der Waals surface area contributed by atoms with E-state index in [9.17, 15) is 9.59 Å². The van der Waals surface area contributed by atoms with Gasteiger partial charge in [-0.2, -0.15) is 0 Å². The molecule has 2 rings (SSSR count). The van der Waals surface area contributed by atoms with Crippen molar-refractivity contribution < 1.29 is 19.1 Å². The Morgan fingerprint density at radius 1 is 1.39 bits per heavy atom. The first kappa shape index (κ1) is 12.2. The van der Waals surface area contributed by atoms with Gasteiger partial charge in [0.05, 0.1) is 0 Å². The number of carbonyl (C=O) groups is 2. The van der Waals surface area contributed by atoms with Gasteiger partial charge in [-0.3, -0.25) is 4.79 Å². The number of ether oxygens (including phenoxy) is 2. The first-order valence-electron chi connectivity index (χ1n) is 5.52. The third-order valence-electron chi connectivity index (χ3n) is 2.32. The minimum atomic E-state index is -0.369. The number of cyclic esters (lactones) is 1.